The van der Waals surface area contributed by atoms with Gasteiger partial charge >= 0.3 is 0 Å². The SMILES string of the molecule is Clc1ccc(Cc2cnc(Cl)c3cccnc23)cn1. The Morgan fingerprint density at radius 1 is 0.947 bits per heavy atom. The van der Waals surface area contributed by atoms with Gasteiger partial charge < -0.3 is 0 Å². The summed E-state index contributed by atoms with van der Waals surface area (Å²) in [5.74, 6) is 0. The second-order valence-corrected chi connectivity index (χ2v) is 4.89. The minimum Gasteiger partial charge on any atom is -0.256 e. The molecule has 3 aromatic rings. The monoisotopic (exact) mass is 289 g/mol. The Morgan fingerprint density at radius 2 is 1.84 bits per heavy atom. The van der Waals surface area contributed by atoms with Crippen molar-refractivity contribution >= 4 is 34.1 Å². The Labute approximate surface area is 120 Å². The van der Waals surface area contributed by atoms with Gasteiger partial charge in [0.15, 0.2) is 0 Å². The number of pyridine rings is 3. The fourth-order valence-electron chi connectivity index (χ4n) is 1.95. The van der Waals surface area contributed by atoms with Crippen molar-refractivity contribution in [2.24, 2.45) is 0 Å². The first-order valence-electron chi connectivity index (χ1n) is 5.72. The van der Waals surface area contributed by atoms with Crippen LogP contribution in [-0.2, 0) is 6.42 Å². The summed E-state index contributed by atoms with van der Waals surface area (Å²) >= 11 is 11.8. The molecule has 3 rings (SSSR count). The van der Waals surface area contributed by atoms with Crippen LogP contribution >= 0.6 is 23.2 Å². The first-order chi connectivity index (χ1) is 9.24. The van der Waals surface area contributed by atoms with Gasteiger partial charge in [-0.1, -0.05) is 29.3 Å². The molecular weight excluding hydrogens is 281 g/mol. The van der Waals surface area contributed by atoms with Gasteiger partial charge in [0.25, 0.3) is 0 Å². The van der Waals surface area contributed by atoms with E-state index in [4.69, 9.17) is 23.2 Å². The van der Waals surface area contributed by atoms with Gasteiger partial charge in [0.05, 0.1) is 5.52 Å². The maximum absolute atomic E-state index is 6.07. The summed E-state index contributed by atoms with van der Waals surface area (Å²) in [5, 5.41) is 1.82. The maximum Gasteiger partial charge on any atom is 0.138 e. The number of fused-ring (bicyclic) bond motifs is 1. The standard InChI is InChI=1S/C14H9Cl2N3/c15-12-4-3-9(7-18-12)6-10-8-19-14(16)11-2-1-5-17-13(10)11/h1-5,7-8H,6H2. The van der Waals surface area contributed by atoms with Crippen molar-refractivity contribution in [1.82, 2.24) is 15.0 Å². The summed E-state index contributed by atoms with van der Waals surface area (Å²) in [6.45, 7) is 0. The topological polar surface area (TPSA) is 38.7 Å². The van der Waals surface area contributed by atoms with Crippen LogP contribution in [0.4, 0.5) is 0 Å². The zero-order valence-corrected chi connectivity index (χ0v) is 11.4. The molecule has 0 aliphatic carbocycles. The van der Waals surface area contributed by atoms with E-state index in [0.717, 1.165) is 22.0 Å². The second kappa shape index (κ2) is 5.11. The lowest BCUT2D eigenvalue weighted by atomic mass is 10.1. The lowest BCUT2D eigenvalue weighted by Gasteiger charge is -2.06. The third-order valence-electron chi connectivity index (χ3n) is 2.85. The Hall–Kier alpha value is -1.71. The molecule has 0 atom stereocenters. The molecule has 0 bridgehead atoms. The van der Waals surface area contributed by atoms with E-state index in [9.17, 15) is 0 Å². The van der Waals surface area contributed by atoms with Crippen molar-refractivity contribution in [3.05, 3.63) is 64.3 Å². The van der Waals surface area contributed by atoms with Gasteiger partial charge in [-0.15, -0.1) is 0 Å². The van der Waals surface area contributed by atoms with Crippen LogP contribution in [0.3, 0.4) is 0 Å². The van der Waals surface area contributed by atoms with Crippen LogP contribution < -0.4 is 0 Å². The lowest BCUT2D eigenvalue weighted by molar-refractivity contribution is 1.12. The molecule has 0 fully saturated rings. The van der Waals surface area contributed by atoms with E-state index in [-0.39, 0.29) is 0 Å². The molecule has 0 aliphatic rings. The van der Waals surface area contributed by atoms with Crippen molar-refractivity contribution in [2.75, 3.05) is 0 Å². The van der Waals surface area contributed by atoms with E-state index in [0.29, 0.717) is 16.7 Å². The Morgan fingerprint density at radius 3 is 2.63 bits per heavy atom. The van der Waals surface area contributed by atoms with Gasteiger partial charge in [0, 0.05) is 36.0 Å². The Balaban J connectivity index is 2.06. The molecule has 0 saturated heterocycles. The average Bonchev–Trinajstić information content (AvgIpc) is 2.45. The van der Waals surface area contributed by atoms with Crippen LogP contribution in [0.1, 0.15) is 11.1 Å². The van der Waals surface area contributed by atoms with Crippen LogP contribution in [0, 0.1) is 0 Å². The van der Waals surface area contributed by atoms with Crippen molar-refractivity contribution in [2.45, 2.75) is 6.42 Å². The van der Waals surface area contributed by atoms with Crippen LogP contribution in [-0.4, -0.2) is 15.0 Å². The predicted molar refractivity (Wildman–Crippen MR) is 76.6 cm³/mol. The van der Waals surface area contributed by atoms with Crippen molar-refractivity contribution in [3.63, 3.8) is 0 Å². The molecule has 94 valence electrons. The molecule has 3 heterocycles. The third-order valence-corrected chi connectivity index (χ3v) is 3.38. The molecule has 5 heteroatoms. The molecule has 0 radical (unpaired) electrons. The number of hydrogen-bond acceptors (Lipinski definition) is 3. The van der Waals surface area contributed by atoms with Gasteiger partial charge in [0.1, 0.15) is 10.3 Å². The molecule has 0 spiro atoms. The summed E-state index contributed by atoms with van der Waals surface area (Å²) in [6, 6.07) is 7.49. The molecular formula is C14H9Cl2N3. The third kappa shape index (κ3) is 2.53. The van der Waals surface area contributed by atoms with Crippen LogP contribution in [0.5, 0.6) is 0 Å². The van der Waals surface area contributed by atoms with Crippen molar-refractivity contribution < 1.29 is 0 Å². The molecule has 0 aliphatic heterocycles. The van der Waals surface area contributed by atoms with E-state index >= 15 is 0 Å². The molecule has 19 heavy (non-hydrogen) atoms. The number of aromatic nitrogens is 3. The van der Waals surface area contributed by atoms with E-state index in [1.165, 1.54) is 0 Å². The molecule has 3 aromatic heterocycles. The summed E-state index contributed by atoms with van der Waals surface area (Å²) in [5.41, 5.74) is 2.95. The maximum atomic E-state index is 6.07. The van der Waals surface area contributed by atoms with Gasteiger partial charge in [-0.2, -0.15) is 0 Å². The highest BCUT2D eigenvalue weighted by atomic mass is 35.5. The highest BCUT2D eigenvalue weighted by molar-refractivity contribution is 6.34. The summed E-state index contributed by atoms with van der Waals surface area (Å²) in [4.78, 5) is 12.7. The highest BCUT2D eigenvalue weighted by Gasteiger charge is 2.07. The van der Waals surface area contributed by atoms with E-state index in [1.807, 2.05) is 18.2 Å². The fraction of sp³-hybridized carbons (Fsp3) is 0.0714. The van der Waals surface area contributed by atoms with Gasteiger partial charge in [-0.3, -0.25) is 4.98 Å². The zero-order chi connectivity index (χ0) is 13.2. The highest BCUT2D eigenvalue weighted by Crippen LogP contribution is 2.24. The van der Waals surface area contributed by atoms with Crippen molar-refractivity contribution in [3.8, 4) is 0 Å². The summed E-state index contributed by atoms with van der Waals surface area (Å²) in [7, 11) is 0. The summed E-state index contributed by atoms with van der Waals surface area (Å²) < 4.78 is 0. The number of hydrogen-bond donors (Lipinski definition) is 0. The van der Waals surface area contributed by atoms with Crippen LogP contribution in [0.2, 0.25) is 10.3 Å². The molecule has 0 N–H and O–H groups in total. The predicted octanol–water partition coefficient (Wildman–Crippen LogP) is 3.92. The Bertz CT molecular complexity index is 726. The lowest BCUT2D eigenvalue weighted by Crippen LogP contribution is -1.95. The van der Waals surface area contributed by atoms with Gasteiger partial charge in [-0.25, -0.2) is 9.97 Å². The van der Waals surface area contributed by atoms with Crippen LogP contribution in [0.15, 0.2) is 42.9 Å². The van der Waals surface area contributed by atoms with E-state index < -0.39 is 0 Å². The fourth-order valence-corrected chi connectivity index (χ4v) is 2.27. The van der Waals surface area contributed by atoms with Crippen LogP contribution in [0.25, 0.3) is 10.9 Å². The number of rotatable bonds is 2. The van der Waals surface area contributed by atoms with E-state index in [2.05, 4.69) is 15.0 Å². The van der Waals surface area contributed by atoms with Gasteiger partial charge in [-0.05, 0) is 23.8 Å². The normalized spacial score (nSPS) is 10.8. The second-order valence-electron chi connectivity index (χ2n) is 4.14. The molecule has 0 aromatic carbocycles. The zero-order valence-electron chi connectivity index (χ0n) is 9.85. The summed E-state index contributed by atoms with van der Waals surface area (Å²) in [6.07, 6.45) is 5.96. The number of halogens is 2. The van der Waals surface area contributed by atoms with E-state index in [1.54, 1.807) is 24.7 Å². The minimum absolute atomic E-state index is 0.473. The molecule has 0 amide bonds. The van der Waals surface area contributed by atoms with Gasteiger partial charge in [0.2, 0.25) is 0 Å². The smallest absolute Gasteiger partial charge is 0.138 e. The Kier molecular flexibility index (Phi) is 3.32. The first-order valence-corrected chi connectivity index (χ1v) is 6.48. The van der Waals surface area contributed by atoms with Crippen molar-refractivity contribution in [1.29, 1.82) is 0 Å². The average molecular weight is 290 g/mol. The molecule has 3 nitrogen and oxygen atoms in total. The first kappa shape index (κ1) is 12.3. The molecule has 0 saturated carbocycles. The minimum atomic E-state index is 0.473. The quantitative estimate of drug-likeness (QED) is 0.671. The number of nitrogens with zero attached hydrogens (tertiary/aromatic N) is 3. The molecule has 0 unspecified atom stereocenters. The largest absolute Gasteiger partial charge is 0.256 e.